The molecule has 0 spiro atoms. The highest BCUT2D eigenvalue weighted by molar-refractivity contribution is 7.89. The van der Waals surface area contributed by atoms with Crippen LogP contribution in [0.1, 0.15) is 45.4 Å². The number of nitrogens with one attached hydrogen (secondary N) is 2. The van der Waals surface area contributed by atoms with E-state index < -0.39 is 10.0 Å². The predicted octanol–water partition coefficient (Wildman–Crippen LogP) is 2.52. The summed E-state index contributed by atoms with van der Waals surface area (Å²) >= 11 is 0. The van der Waals surface area contributed by atoms with Crippen molar-refractivity contribution in [3.8, 4) is 0 Å². The maximum absolute atomic E-state index is 12.8. The van der Waals surface area contributed by atoms with Crippen molar-refractivity contribution >= 4 is 16.0 Å². The van der Waals surface area contributed by atoms with E-state index in [0.29, 0.717) is 23.9 Å². The quantitative estimate of drug-likeness (QED) is 0.471. The van der Waals surface area contributed by atoms with Gasteiger partial charge in [-0.3, -0.25) is 9.89 Å². The molecule has 0 amide bonds. The second-order valence-corrected chi connectivity index (χ2v) is 10.6. The van der Waals surface area contributed by atoms with Crippen LogP contribution in [0.5, 0.6) is 0 Å². The lowest BCUT2D eigenvalue weighted by atomic mass is 9.98. The van der Waals surface area contributed by atoms with E-state index in [-0.39, 0.29) is 0 Å². The number of hydrogen-bond acceptors (Lipinski definition) is 4. The van der Waals surface area contributed by atoms with Gasteiger partial charge in [0.15, 0.2) is 5.96 Å². The molecule has 0 aromatic heterocycles. The zero-order chi connectivity index (χ0) is 22.1. The van der Waals surface area contributed by atoms with Crippen LogP contribution in [0.15, 0.2) is 40.2 Å². The average Bonchev–Trinajstić information content (AvgIpc) is 2.82. The molecule has 174 valence electrons. The van der Waals surface area contributed by atoms with Crippen LogP contribution in [0, 0.1) is 5.92 Å². The Labute approximate surface area is 188 Å². The highest BCUT2D eigenvalue weighted by Crippen LogP contribution is 2.23. The number of sulfonamides is 1. The molecule has 2 saturated heterocycles. The number of likely N-dealkylation sites (tertiary alicyclic amines) is 1. The van der Waals surface area contributed by atoms with Crippen molar-refractivity contribution in [1.82, 2.24) is 19.8 Å². The number of piperidine rings is 2. The number of rotatable bonds is 8. The van der Waals surface area contributed by atoms with Crippen molar-refractivity contribution in [3.05, 3.63) is 30.3 Å². The van der Waals surface area contributed by atoms with Gasteiger partial charge in [-0.15, -0.1) is 0 Å². The third kappa shape index (κ3) is 6.67. The fraction of sp³-hybridized carbons (Fsp3) is 0.696. The van der Waals surface area contributed by atoms with Crippen molar-refractivity contribution in [1.29, 1.82) is 0 Å². The maximum atomic E-state index is 12.8. The number of guanidine groups is 1. The Morgan fingerprint density at radius 2 is 1.81 bits per heavy atom. The van der Waals surface area contributed by atoms with Gasteiger partial charge in [0.05, 0.1) is 4.90 Å². The average molecular weight is 450 g/mol. The van der Waals surface area contributed by atoms with Crippen LogP contribution in [0.25, 0.3) is 0 Å². The Hall–Kier alpha value is -1.64. The van der Waals surface area contributed by atoms with Crippen LogP contribution < -0.4 is 10.6 Å². The Morgan fingerprint density at radius 1 is 1.06 bits per heavy atom. The second-order valence-electron chi connectivity index (χ2n) is 8.63. The Balaban J connectivity index is 1.38. The maximum Gasteiger partial charge on any atom is 0.243 e. The number of aliphatic imine (C=N–C) groups is 1. The fourth-order valence-corrected chi connectivity index (χ4v) is 6.18. The summed E-state index contributed by atoms with van der Waals surface area (Å²) < 4.78 is 27.2. The summed E-state index contributed by atoms with van der Waals surface area (Å²) in [5.74, 6) is 1.29. The summed E-state index contributed by atoms with van der Waals surface area (Å²) in [7, 11) is -1.57. The molecule has 3 rings (SSSR count). The standard InChI is InChI=1S/C23H39N5O2S/c1-3-21-9-7-8-15-27(21)18-14-25-23(24-2)26-19-20-12-16-28(17-13-20)31(29,30)22-10-5-4-6-11-22/h4-6,10-11,20-21H,3,7-9,12-19H2,1-2H3,(H2,24,25,26). The summed E-state index contributed by atoms with van der Waals surface area (Å²) in [6, 6.07) is 9.46. The number of hydrogen-bond donors (Lipinski definition) is 2. The summed E-state index contributed by atoms with van der Waals surface area (Å²) in [5, 5.41) is 6.89. The molecule has 2 N–H and O–H groups in total. The van der Waals surface area contributed by atoms with Gasteiger partial charge in [-0.05, 0) is 56.7 Å². The van der Waals surface area contributed by atoms with Gasteiger partial charge < -0.3 is 10.6 Å². The molecular formula is C23H39N5O2S. The minimum Gasteiger partial charge on any atom is -0.356 e. The minimum atomic E-state index is -3.38. The van der Waals surface area contributed by atoms with Crippen molar-refractivity contribution in [2.45, 2.75) is 56.4 Å². The van der Waals surface area contributed by atoms with E-state index in [0.717, 1.165) is 44.5 Å². The molecule has 1 aromatic rings. The van der Waals surface area contributed by atoms with Crippen LogP contribution in [-0.4, -0.2) is 75.9 Å². The van der Waals surface area contributed by atoms with Gasteiger partial charge in [-0.25, -0.2) is 8.42 Å². The van der Waals surface area contributed by atoms with Crippen LogP contribution >= 0.6 is 0 Å². The molecule has 2 aliphatic rings. The molecule has 1 atom stereocenters. The Kier molecular flexibility index (Phi) is 9.16. The summed E-state index contributed by atoms with van der Waals surface area (Å²) in [6.45, 7) is 7.40. The second kappa shape index (κ2) is 11.8. The highest BCUT2D eigenvalue weighted by atomic mass is 32.2. The van der Waals surface area contributed by atoms with Crippen molar-refractivity contribution in [2.24, 2.45) is 10.9 Å². The third-order valence-corrected chi connectivity index (χ3v) is 8.56. The Morgan fingerprint density at radius 3 is 2.48 bits per heavy atom. The number of benzene rings is 1. The van der Waals surface area contributed by atoms with E-state index in [9.17, 15) is 8.42 Å². The smallest absolute Gasteiger partial charge is 0.243 e. The van der Waals surface area contributed by atoms with Gasteiger partial charge >= 0.3 is 0 Å². The van der Waals surface area contributed by atoms with E-state index >= 15 is 0 Å². The van der Waals surface area contributed by atoms with E-state index in [4.69, 9.17) is 0 Å². The lowest BCUT2D eigenvalue weighted by Gasteiger charge is -2.35. The van der Waals surface area contributed by atoms with Crippen molar-refractivity contribution in [3.63, 3.8) is 0 Å². The SMILES string of the molecule is CCC1CCCCN1CCNC(=NC)NCC1CCN(S(=O)(=O)c2ccccc2)CC1. The summed E-state index contributed by atoms with van der Waals surface area (Å²) in [5.41, 5.74) is 0. The normalized spacial score (nSPS) is 22.4. The molecule has 0 radical (unpaired) electrons. The first kappa shape index (κ1) is 24.0. The lowest BCUT2D eigenvalue weighted by Crippen LogP contribution is -2.47. The molecule has 0 saturated carbocycles. The van der Waals surface area contributed by atoms with Crippen LogP contribution in [0.3, 0.4) is 0 Å². The first-order valence-corrected chi connectivity index (χ1v) is 13.2. The van der Waals surface area contributed by atoms with Gasteiger partial charge in [-0.1, -0.05) is 31.5 Å². The van der Waals surface area contributed by atoms with Crippen molar-refractivity contribution in [2.75, 3.05) is 46.3 Å². The molecule has 0 bridgehead atoms. The van der Waals surface area contributed by atoms with Crippen LogP contribution in [0.2, 0.25) is 0 Å². The minimum absolute atomic E-state index is 0.384. The van der Waals surface area contributed by atoms with Gasteiger partial charge in [0, 0.05) is 45.8 Å². The zero-order valence-corrected chi connectivity index (χ0v) is 19.9. The van der Waals surface area contributed by atoms with Gasteiger partial charge in [0.1, 0.15) is 0 Å². The monoisotopic (exact) mass is 449 g/mol. The predicted molar refractivity (Wildman–Crippen MR) is 127 cm³/mol. The molecule has 2 heterocycles. The molecule has 31 heavy (non-hydrogen) atoms. The van der Waals surface area contributed by atoms with Crippen molar-refractivity contribution < 1.29 is 8.42 Å². The van der Waals surface area contributed by atoms with Crippen LogP contribution in [-0.2, 0) is 10.0 Å². The molecule has 7 nitrogen and oxygen atoms in total. The van der Waals surface area contributed by atoms with Gasteiger partial charge in [0.2, 0.25) is 10.0 Å². The highest BCUT2D eigenvalue weighted by Gasteiger charge is 2.29. The third-order valence-electron chi connectivity index (χ3n) is 6.65. The van der Waals surface area contributed by atoms with E-state index in [1.165, 1.54) is 32.2 Å². The lowest BCUT2D eigenvalue weighted by molar-refractivity contribution is 0.147. The first-order chi connectivity index (χ1) is 15.0. The van der Waals surface area contributed by atoms with Gasteiger partial charge in [0.25, 0.3) is 0 Å². The molecule has 2 fully saturated rings. The molecule has 2 aliphatic heterocycles. The summed E-state index contributed by atoms with van der Waals surface area (Å²) in [4.78, 5) is 7.35. The summed E-state index contributed by atoms with van der Waals surface area (Å²) in [6.07, 6.45) is 6.94. The van der Waals surface area contributed by atoms with E-state index in [2.05, 4.69) is 27.4 Å². The molecule has 1 unspecified atom stereocenters. The molecule has 8 heteroatoms. The zero-order valence-electron chi connectivity index (χ0n) is 19.1. The molecule has 0 aliphatic carbocycles. The first-order valence-electron chi connectivity index (χ1n) is 11.8. The van der Waals surface area contributed by atoms with E-state index in [1.807, 2.05) is 6.07 Å². The Bertz CT molecular complexity index is 791. The topological polar surface area (TPSA) is 77.0 Å². The van der Waals surface area contributed by atoms with Crippen LogP contribution in [0.4, 0.5) is 0 Å². The molecule has 1 aromatic carbocycles. The van der Waals surface area contributed by atoms with Gasteiger partial charge in [-0.2, -0.15) is 4.31 Å². The number of nitrogens with zero attached hydrogens (tertiary/aromatic N) is 3. The fourth-order valence-electron chi connectivity index (χ4n) is 4.69. The largest absolute Gasteiger partial charge is 0.356 e. The van der Waals surface area contributed by atoms with E-state index in [1.54, 1.807) is 35.6 Å². The molecular weight excluding hydrogens is 410 g/mol.